The quantitative estimate of drug-likeness (QED) is 0.168. The lowest BCUT2D eigenvalue weighted by atomic mass is 10.00. The first-order chi connectivity index (χ1) is 15.7. The predicted octanol–water partition coefficient (Wildman–Crippen LogP) is 4.89. The first-order valence-corrected chi connectivity index (χ1v) is 11.9. The molecule has 0 atom stereocenters. The van der Waals surface area contributed by atoms with Crippen LogP contribution in [0.4, 0.5) is 13.2 Å². The van der Waals surface area contributed by atoms with Gasteiger partial charge in [-0.15, -0.1) is 0 Å². The van der Waals surface area contributed by atoms with Crippen LogP contribution in [0.2, 0.25) is 0 Å². The van der Waals surface area contributed by atoms with Crippen molar-refractivity contribution < 1.29 is 40.1 Å². The molecule has 0 amide bonds. The smallest absolute Gasteiger partial charge is 0.469 e. The molecule has 0 spiro atoms. The van der Waals surface area contributed by atoms with E-state index in [1.165, 1.54) is 13.2 Å². The van der Waals surface area contributed by atoms with Crippen molar-refractivity contribution in [2.24, 2.45) is 4.99 Å². The van der Waals surface area contributed by atoms with Crippen molar-refractivity contribution in [2.45, 2.75) is 65.3 Å². The summed E-state index contributed by atoms with van der Waals surface area (Å²) in [6.07, 6.45) is 3.22. The van der Waals surface area contributed by atoms with Crippen LogP contribution in [-0.4, -0.2) is 43.7 Å². The Hall–Kier alpha value is -2.89. The molecule has 0 radical (unpaired) electrons. The van der Waals surface area contributed by atoms with Gasteiger partial charge in [0.25, 0.3) is 0 Å². The second-order valence-electron chi connectivity index (χ2n) is 7.76. The Morgan fingerprint density at radius 2 is 1.74 bits per heavy atom. The predicted molar refractivity (Wildman–Crippen MR) is 120 cm³/mol. The SMILES string of the molecule is CCC1=C(C)/C(=C/c2[nH]c(C)c(C(=O)CCCCC(=O)OC)c2C)N=C1OS(=O)(=O)C(F)(F)F. The number of aromatic nitrogens is 1. The van der Waals surface area contributed by atoms with E-state index in [0.717, 1.165) is 0 Å². The molecule has 0 aliphatic carbocycles. The second kappa shape index (κ2) is 10.6. The highest BCUT2D eigenvalue weighted by Gasteiger charge is 2.49. The van der Waals surface area contributed by atoms with Gasteiger partial charge in [-0.1, -0.05) is 6.92 Å². The van der Waals surface area contributed by atoms with Crippen LogP contribution in [0.15, 0.2) is 21.8 Å². The van der Waals surface area contributed by atoms with Crippen molar-refractivity contribution in [1.82, 2.24) is 4.98 Å². The summed E-state index contributed by atoms with van der Waals surface area (Å²) in [5.41, 5.74) is -2.40. The van der Waals surface area contributed by atoms with Crippen LogP contribution in [0.1, 0.15) is 73.3 Å². The molecule has 0 unspecified atom stereocenters. The Morgan fingerprint density at radius 3 is 2.29 bits per heavy atom. The number of rotatable bonds is 9. The summed E-state index contributed by atoms with van der Waals surface area (Å²) in [5.74, 6) is -1.07. The molecular formula is C22H27F3N2O6S. The number of unbranched alkanes of at least 4 members (excludes halogenated alkanes) is 1. The third-order valence-corrected chi connectivity index (χ3v) is 6.39. The van der Waals surface area contributed by atoms with Gasteiger partial charge in [0.2, 0.25) is 5.90 Å². The standard InChI is InChI=1S/C22H27F3N2O6S/c1-6-15-12(2)16(27-21(15)33-34(30,31)22(23,24)25)11-17-13(3)20(14(4)26-17)18(28)9-7-8-10-19(29)32-5/h11,26H,6-10H2,1-5H3/b16-11-. The van der Waals surface area contributed by atoms with Crippen LogP contribution in [-0.2, 0) is 23.8 Å². The lowest BCUT2D eigenvalue weighted by Gasteiger charge is -2.10. The first-order valence-electron chi connectivity index (χ1n) is 10.5. The molecule has 0 saturated heterocycles. The minimum atomic E-state index is -5.86. The molecule has 8 nitrogen and oxygen atoms in total. The average Bonchev–Trinajstić information content (AvgIpc) is 3.18. The molecule has 1 aromatic heterocycles. The zero-order valence-electron chi connectivity index (χ0n) is 19.6. The number of carbonyl (C=O) groups excluding carboxylic acids is 2. The number of carbonyl (C=O) groups is 2. The summed E-state index contributed by atoms with van der Waals surface area (Å²) in [4.78, 5) is 31.0. The minimum absolute atomic E-state index is 0.113. The number of aliphatic imine (C=N–C) groups is 1. The molecule has 2 rings (SSSR count). The number of esters is 1. The maximum atomic E-state index is 12.7. The number of H-pyrrole nitrogens is 1. The Morgan fingerprint density at radius 1 is 1.12 bits per heavy atom. The van der Waals surface area contributed by atoms with Gasteiger partial charge in [-0.25, -0.2) is 4.99 Å². The zero-order chi connectivity index (χ0) is 25.8. The van der Waals surface area contributed by atoms with Crippen LogP contribution in [0.5, 0.6) is 0 Å². The Kier molecular flexibility index (Phi) is 8.51. The molecule has 0 saturated carbocycles. The van der Waals surface area contributed by atoms with E-state index in [9.17, 15) is 31.2 Å². The second-order valence-corrected chi connectivity index (χ2v) is 9.29. The third kappa shape index (κ3) is 5.96. The number of hydrogen-bond donors (Lipinski definition) is 1. The van der Waals surface area contributed by atoms with E-state index >= 15 is 0 Å². The van der Waals surface area contributed by atoms with Crippen LogP contribution in [0.25, 0.3) is 6.08 Å². The summed E-state index contributed by atoms with van der Waals surface area (Å²) in [7, 11) is -4.56. The highest BCUT2D eigenvalue weighted by Crippen LogP contribution is 2.34. The number of hydrogen-bond acceptors (Lipinski definition) is 7. The average molecular weight is 505 g/mol. The topological polar surface area (TPSA) is 115 Å². The maximum absolute atomic E-state index is 12.7. The van der Waals surface area contributed by atoms with E-state index in [4.69, 9.17) is 0 Å². The molecule has 1 aromatic rings. The van der Waals surface area contributed by atoms with Crippen molar-refractivity contribution >= 4 is 33.8 Å². The van der Waals surface area contributed by atoms with Crippen molar-refractivity contribution in [2.75, 3.05) is 7.11 Å². The fourth-order valence-corrected chi connectivity index (χ4v) is 4.05. The summed E-state index contributed by atoms with van der Waals surface area (Å²) in [6, 6.07) is 0. The monoisotopic (exact) mass is 504 g/mol. The molecule has 1 N–H and O–H groups in total. The number of ketones is 1. The summed E-state index contributed by atoms with van der Waals surface area (Å²) in [6.45, 7) is 6.69. The molecule has 1 aliphatic rings. The van der Waals surface area contributed by atoms with Gasteiger partial charge in [0.1, 0.15) is 0 Å². The van der Waals surface area contributed by atoms with Gasteiger partial charge >= 0.3 is 21.6 Å². The fourth-order valence-electron chi connectivity index (χ4n) is 3.61. The first kappa shape index (κ1) is 27.4. The minimum Gasteiger partial charge on any atom is -0.469 e. The lowest BCUT2D eigenvalue weighted by Crippen LogP contribution is -2.28. The van der Waals surface area contributed by atoms with Gasteiger partial charge in [0.05, 0.1) is 12.8 Å². The number of alkyl halides is 3. The highest BCUT2D eigenvalue weighted by atomic mass is 32.2. The van der Waals surface area contributed by atoms with Crippen molar-refractivity contribution in [1.29, 1.82) is 0 Å². The number of methoxy groups -OCH3 is 1. The number of aryl methyl sites for hydroxylation is 1. The number of ether oxygens (including phenoxy) is 1. The summed E-state index contributed by atoms with van der Waals surface area (Å²) >= 11 is 0. The van der Waals surface area contributed by atoms with Crippen molar-refractivity contribution in [3.8, 4) is 0 Å². The van der Waals surface area contributed by atoms with E-state index in [0.29, 0.717) is 40.9 Å². The third-order valence-electron chi connectivity index (χ3n) is 5.44. The largest absolute Gasteiger partial charge is 0.534 e. The molecule has 0 bridgehead atoms. The van der Waals surface area contributed by atoms with Gasteiger partial charge in [0, 0.05) is 35.4 Å². The van der Waals surface area contributed by atoms with Crippen molar-refractivity contribution in [3.05, 3.63) is 39.4 Å². The van der Waals surface area contributed by atoms with Gasteiger partial charge in [0.15, 0.2) is 5.78 Å². The molecular weight excluding hydrogens is 477 g/mol. The Balaban J connectivity index is 2.30. The zero-order valence-corrected chi connectivity index (χ0v) is 20.4. The van der Waals surface area contributed by atoms with Crippen molar-refractivity contribution in [3.63, 3.8) is 0 Å². The lowest BCUT2D eigenvalue weighted by molar-refractivity contribution is -0.140. The molecule has 2 heterocycles. The van der Waals surface area contributed by atoms with Crippen LogP contribution in [0, 0.1) is 13.8 Å². The number of aromatic amines is 1. The number of nitrogens with zero attached hydrogens (tertiary/aromatic N) is 1. The molecule has 12 heteroatoms. The van der Waals surface area contributed by atoms with Crippen LogP contribution >= 0.6 is 0 Å². The van der Waals surface area contributed by atoms with Crippen LogP contribution < -0.4 is 0 Å². The molecule has 0 fully saturated rings. The van der Waals surface area contributed by atoms with E-state index < -0.39 is 21.5 Å². The van der Waals surface area contributed by atoms with E-state index in [1.807, 2.05) is 0 Å². The normalized spacial score (nSPS) is 15.6. The fraction of sp³-hybridized carbons (Fsp3) is 0.500. The summed E-state index contributed by atoms with van der Waals surface area (Å²) in [5, 5.41) is 0. The highest BCUT2D eigenvalue weighted by molar-refractivity contribution is 7.88. The van der Waals surface area contributed by atoms with E-state index in [-0.39, 0.29) is 42.3 Å². The van der Waals surface area contributed by atoms with Gasteiger partial charge < -0.3 is 13.9 Å². The maximum Gasteiger partial charge on any atom is 0.534 e. The summed E-state index contributed by atoms with van der Waals surface area (Å²) < 4.78 is 70.0. The molecule has 188 valence electrons. The number of allylic oxidation sites excluding steroid dienone is 1. The van der Waals surface area contributed by atoms with Crippen LogP contribution in [0.3, 0.4) is 0 Å². The Bertz CT molecular complexity index is 1170. The number of Topliss-reactive ketones (excluding diaryl/α,β-unsaturated/α-hetero) is 1. The Labute approximate surface area is 196 Å². The number of halogens is 3. The molecule has 0 aromatic carbocycles. The van der Waals surface area contributed by atoms with Gasteiger partial charge in [-0.05, 0) is 57.2 Å². The number of nitrogens with one attached hydrogen (secondary N) is 1. The van der Waals surface area contributed by atoms with Gasteiger partial charge in [-0.2, -0.15) is 21.6 Å². The van der Waals surface area contributed by atoms with Gasteiger partial charge in [-0.3, -0.25) is 9.59 Å². The molecule has 34 heavy (non-hydrogen) atoms. The van der Waals surface area contributed by atoms with E-state index in [2.05, 4.69) is 18.9 Å². The van der Waals surface area contributed by atoms with E-state index in [1.54, 1.807) is 27.7 Å². The molecule has 1 aliphatic heterocycles.